The smallest absolute Gasteiger partial charge is 0.227 e. The molecule has 0 amide bonds. The first-order chi connectivity index (χ1) is 8.36. The van der Waals surface area contributed by atoms with Gasteiger partial charge in [-0.3, -0.25) is 0 Å². The van der Waals surface area contributed by atoms with Crippen LogP contribution in [0.1, 0.15) is 19.8 Å². The summed E-state index contributed by atoms with van der Waals surface area (Å²) in [6, 6.07) is 2.03. The molecule has 0 bridgehead atoms. The van der Waals surface area contributed by atoms with Crippen molar-refractivity contribution in [1.82, 2.24) is 9.97 Å². The monoisotopic (exact) mass is 249 g/mol. The fourth-order valence-electron chi connectivity index (χ4n) is 1.66. The highest BCUT2D eigenvalue weighted by Crippen LogP contribution is 2.32. The Balaban J connectivity index is 1.90. The molecule has 5 heteroatoms. The van der Waals surface area contributed by atoms with Gasteiger partial charge in [0.2, 0.25) is 11.8 Å². The van der Waals surface area contributed by atoms with Gasteiger partial charge in [0.05, 0.1) is 12.0 Å². The molecule has 0 aliphatic heterocycles. The number of rotatable bonds is 5. The van der Waals surface area contributed by atoms with Crippen LogP contribution in [0.25, 0.3) is 10.2 Å². The number of thiophene rings is 1. The van der Waals surface area contributed by atoms with Crippen LogP contribution in [0.2, 0.25) is 0 Å². The predicted octanol–water partition coefficient (Wildman–Crippen LogP) is 2.91. The molecular formula is C12H15N3OS. The first kappa shape index (κ1) is 10.8. The fourth-order valence-corrected chi connectivity index (χ4v) is 2.41. The van der Waals surface area contributed by atoms with E-state index in [4.69, 9.17) is 4.74 Å². The van der Waals surface area contributed by atoms with Crippen molar-refractivity contribution in [3.8, 4) is 5.88 Å². The van der Waals surface area contributed by atoms with E-state index in [0.29, 0.717) is 5.95 Å². The van der Waals surface area contributed by atoms with E-state index < -0.39 is 0 Å². The highest BCUT2D eigenvalue weighted by atomic mass is 32.1. The summed E-state index contributed by atoms with van der Waals surface area (Å²) in [4.78, 5) is 9.86. The molecule has 0 saturated heterocycles. The van der Waals surface area contributed by atoms with E-state index in [9.17, 15) is 0 Å². The molecule has 2 heterocycles. The quantitative estimate of drug-likeness (QED) is 0.885. The number of anilines is 1. The van der Waals surface area contributed by atoms with Crippen molar-refractivity contribution in [2.45, 2.75) is 19.8 Å². The van der Waals surface area contributed by atoms with Crippen molar-refractivity contribution in [1.29, 1.82) is 0 Å². The number of hydrogen-bond acceptors (Lipinski definition) is 5. The summed E-state index contributed by atoms with van der Waals surface area (Å²) >= 11 is 1.62. The van der Waals surface area contributed by atoms with E-state index in [1.807, 2.05) is 18.4 Å². The molecule has 90 valence electrons. The Hall–Kier alpha value is -1.36. The standard InChI is InChI=1S/C12H15N3OS/c1-2-13-12-14-10(16-7-8-3-4-8)9-5-6-17-11(9)15-12/h5-6,8H,2-4,7H2,1H3,(H,13,14,15). The largest absolute Gasteiger partial charge is 0.477 e. The number of fused-ring (bicyclic) bond motifs is 1. The van der Waals surface area contributed by atoms with Gasteiger partial charge >= 0.3 is 0 Å². The lowest BCUT2D eigenvalue weighted by Crippen LogP contribution is -2.06. The van der Waals surface area contributed by atoms with Crippen LogP contribution in [0.4, 0.5) is 5.95 Å². The molecule has 2 aromatic heterocycles. The minimum Gasteiger partial charge on any atom is -0.477 e. The highest BCUT2D eigenvalue weighted by molar-refractivity contribution is 7.16. The number of ether oxygens (including phenoxy) is 1. The van der Waals surface area contributed by atoms with Crippen molar-refractivity contribution in [2.75, 3.05) is 18.5 Å². The van der Waals surface area contributed by atoms with Crippen LogP contribution in [-0.2, 0) is 0 Å². The van der Waals surface area contributed by atoms with Gasteiger partial charge in [0.25, 0.3) is 0 Å². The zero-order valence-corrected chi connectivity index (χ0v) is 10.6. The summed E-state index contributed by atoms with van der Waals surface area (Å²) in [5.74, 6) is 2.12. The fraction of sp³-hybridized carbons (Fsp3) is 0.500. The van der Waals surface area contributed by atoms with Gasteiger partial charge in [0.1, 0.15) is 4.83 Å². The highest BCUT2D eigenvalue weighted by Gasteiger charge is 2.23. The van der Waals surface area contributed by atoms with Gasteiger partial charge in [-0.1, -0.05) is 0 Å². The Morgan fingerprint density at radius 2 is 2.35 bits per heavy atom. The second-order valence-corrected chi connectivity index (χ2v) is 5.17. The van der Waals surface area contributed by atoms with E-state index in [2.05, 4.69) is 15.3 Å². The zero-order valence-electron chi connectivity index (χ0n) is 9.77. The zero-order chi connectivity index (χ0) is 11.7. The lowest BCUT2D eigenvalue weighted by molar-refractivity contribution is 0.292. The number of nitrogens with one attached hydrogen (secondary N) is 1. The van der Waals surface area contributed by atoms with Gasteiger partial charge in [0.15, 0.2) is 0 Å². The molecule has 1 aliphatic rings. The van der Waals surface area contributed by atoms with Crippen molar-refractivity contribution < 1.29 is 4.74 Å². The maximum absolute atomic E-state index is 5.80. The van der Waals surface area contributed by atoms with Gasteiger partial charge in [-0.15, -0.1) is 11.3 Å². The Kier molecular flexibility index (Phi) is 2.84. The molecule has 1 aliphatic carbocycles. The molecule has 2 aromatic rings. The van der Waals surface area contributed by atoms with Crippen LogP contribution in [0.5, 0.6) is 5.88 Å². The molecule has 1 fully saturated rings. The second-order valence-electron chi connectivity index (χ2n) is 4.28. The molecule has 1 saturated carbocycles. The molecule has 0 radical (unpaired) electrons. The average molecular weight is 249 g/mol. The Bertz CT molecular complexity index is 521. The molecule has 0 aromatic carbocycles. The SMILES string of the molecule is CCNc1nc(OCC2CC2)c2ccsc2n1. The van der Waals surface area contributed by atoms with Crippen LogP contribution in [0, 0.1) is 5.92 Å². The van der Waals surface area contributed by atoms with E-state index in [1.54, 1.807) is 11.3 Å². The van der Waals surface area contributed by atoms with Crippen molar-refractivity contribution in [3.63, 3.8) is 0 Å². The van der Waals surface area contributed by atoms with Gasteiger partial charge < -0.3 is 10.1 Å². The molecule has 17 heavy (non-hydrogen) atoms. The Morgan fingerprint density at radius 3 is 3.12 bits per heavy atom. The van der Waals surface area contributed by atoms with Gasteiger partial charge in [-0.2, -0.15) is 4.98 Å². The Labute approximate surface area is 104 Å². The number of nitrogens with zero attached hydrogens (tertiary/aromatic N) is 2. The molecule has 1 N–H and O–H groups in total. The second kappa shape index (κ2) is 4.49. The Morgan fingerprint density at radius 1 is 1.47 bits per heavy atom. The molecule has 3 rings (SSSR count). The summed E-state index contributed by atoms with van der Waals surface area (Å²) < 4.78 is 5.80. The lowest BCUT2D eigenvalue weighted by atomic mass is 10.4. The van der Waals surface area contributed by atoms with Crippen LogP contribution in [0.15, 0.2) is 11.4 Å². The van der Waals surface area contributed by atoms with E-state index in [1.165, 1.54) is 12.8 Å². The number of aromatic nitrogens is 2. The van der Waals surface area contributed by atoms with Gasteiger partial charge in [0, 0.05) is 6.54 Å². The third-order valence-electron chi connectivity index (χ3n) is 2.78. The normalized spacial score (nSPS) is 15.1. The van der Waals surface area contributed by atoms with Crippen LogP contribution in [-0.4, -0.2) is 23.1 Å². The van der Waals surface area contributed by atoms with E-state index in [-0.39, 0.29) is 0 Å². The van der Waals surface area contributed by atoms with Gasteiger partial charge in [-0.05, 0) is 37.1 Å². The van der Waals surface area contributed by atoms with Crippen LogP contribution >= 0.6 is 11.3 Å². The number of hydrogen-bond donors (Lipinski definition) is 1. The minimum atomic E-state index is 0.660. The van der Waals surface area contributed by atoms with Crippen molar-refractivity contribution >= 4 is 27.5 Å². The lowest BCUT2D eigenvalue weighted by Gasteiger charge is -2.08. The minimum absolute atomic E-state index is 0.660. The maximum atomic E-state index is 5.80. The van der Waals surface area contributed by atoms with Crippen molar-refractivity contribution in [2.24, 2.45) is 5.92 Å². The first-order valence-electron chi connectivity index (χ1n) is 5.98. The third-order valence-corrected chi connectivity index (χ3v) is 3.58. The maximum Gasteiger partial charge on any atom is 0.227 e. The predicted molar refractivity (Wildman–Crippen MR) is 69.8 cm³/mol. The molecule has 0 atom stereocenters. The summed E-state index contributed by atoms with van der Waals surface area (Å²) in [5.41, 5.74) is 0. The van der Waals surface area contributed by atoms with Crippen LogP contribution < -0.4 is 10.1 Å². The van der Waals surface area contributed by atoms with E-state index in [0.717, 1.165) is 35.2 Å². The summed E-state index contributed by atoms with van der Waals surface area (Å²) in [7, 11) is 0. The van der Waals surface area contributed by atoms with Crippen LogP contribution in [0.3, 0.4) is 0 Å². The third kappa shape index (κ3) is 2.34. The summed E-state index contributed by atoms with van der Waals surface area (Å²) in [5, 5.41) is 6.19. The van der Waals surface area contributed by atoms with E-state index >= 15 is 0 Å². The summed E-state index contributed by atoms with van der Waals surface area (Å²) in [6.45, 7) is 3.64. The van der Waals surface area contributed by atoms with Gasteiger partial charge in [-0.25, -0.2) is 4.98 Å². The topological polar surface area (TPSA) is 47.0 Å². The first-order valence-corrected chi connectivity index (χ1v) is 6.86. The average Bonchev–Trinajstić information content (AvgIpc) is 3.03. The molecular weight excluding hydrogens is 234 g/mol. The van der Waals surface area contributed by atoms with Crippen molar-refractivity contribution in [3.05, 3.63) is 11.4 Å². The summed E-state index contributed by atoms with van der Waals surface area (Å²) in [6.07, 6.45) is 2.58. The molecule has 0 spiro atoms. The molecule has 0 unspecified atom stereocenters. The molecule has 4 nitrogen and oxygen atoms in total.